The van der Waals surface area contributed by atoms with E-state index in [0.29, 0.717) is 17.5 Å². The number of para-hydroxylation sites is 2. The normalized spacial score (nSPS) is 13.3. The smallest absolute Gasteiger partial charge is 0.164 e. The Labute approximate surface area is 300 Å². The number of benzene rings is 8. The molecule has 0 atom stereocenters. The predicted molar refractivity (Wildman–Crippen MR) is 209 cm³/mol. The second-order valence-corrected chi connectivity index (χ2v) is 13.5. The van der Waals surface area contributed by atoms with Crippen molar-refractivity contribution in [2.24, 2.45) is 0 Å². The minimum absolute atomic E-state index is 0.581. The lowest BCUT2D eigenvalue weighted by atomic mass is 9.66. The molecule has 11 rings (SSSR count). The third-order valence-corrected chi connectivity index (χ3v) is 10.8. The molecule has 0 N–H and O–H groups in total. The molecule has 0 radical (unpaired) electrons. The van der Waals surface area contributed by atoms with Crippen molar-refractivity contribution in [2.45, 2.75) is 5.41 Å². The first-order valence-corrected chi connectivity index (χ1v) is 17.6. The van der Waals surface area contributed by atoms with Gasteiger partial charge >= 0.3 is 0 Å². The number of nitrogens with zero attached hydrogens (tertiary/aromatic N) is 3. The van der Waals surface area contributed by atoms with Gasteiger partial charge in [-0.25, -0.2) is 15.0 Å². The lowest BCUT2D eigenvalue weighted by Crippen LogP contribution is -2.32. The Kier molecular flexibility index (Phi) is 6.13. The van der Waals surface area contributed by atoms with E-state index in [1.165, 1.54) is 27.5 Å². The molecule has 0 fully saturated rings. The van der Waals surface area contributed by atoms with E-state index in [9.17, 15) is 0 Å². The Morgan fingerprint density at radius 2 is 0.808 bits per heavy atom. The molecule has 1 aliphatic carbocycles. The van der Waals surface area contributed by atoms with Crippen LogP contribution in [-0.4, -0.2) is 15.0 Å². The van der Waals surface area contributed by atoms with E-state index >= 15 is 0 Å². The van der Waals surface area contributed by atoms with Gasteiger partial charge in [-0.2, -0.15) is 0 Å². The van der Waals surface area contributed by atoms with E-state index in [4.69, 9.17) is 19.7 Å². The molecule has 0 amide bonds. The summed E-state index contributed by atoms with van der Waals surface area (Å²) in [6.45, 7) is 0. The van der Waals surface area contributed by atoms with E-state index < -0.39 is 5.41 Å². The quantitative estimate of drug-likeness (QED) is 0.189. The lowest BCUT2D eigenvalue weighted by molar-refractivity contribution is 0.436. The molecule has 2 aliphatic rings. The van der Waals surface area contributed by atoms with Crippen LogP contribution in [0.2, 0.25) is 0 Å². The summed E-state index contributed by atoms with van der Waals surface area (Å²) in [6.07, 6.45) is 0. The van der Waals surface area contributed by atoms with Crippen LogP contribution in [0.1, 0.15) is 22.3 Å². The van der Waals surface area contributed by atoms with Crippen LogP contribution < -0.4 is 4.74 Å². The average molecular weight is 664 g/mol. The maximum Gasteiger partial charge on any atom is 0.164 e. The standard InChI is InChI=1S/C48H29N3O/c1-3-14-32-28-34(26-24-30(32)12-1)45-49-46(35-27-25-31-13-2-4-15-33(31)29-35)51-47(50-45)37-17-11-21-41-44(37)36-16-5-6-18-38(36)48(41)39-19-7-9-22-42(39)52-43-23-10-8-20-40(43)48/h1-29H. The van der Waals surface area contributed by atoms with Gasteiger partial charge < -0.3 is 4.74 Å². The van der Waals surface area contributed by atoms with Crippen LogP contribution in [0.5, 0.6) is 11.5 Å². The van der Waals surface area contributed by atoms with Crippen molar-refractivity contribution >= 4 is 21.5 Å². The van der Waals surface area contributed by atoms with Crippen LogP contribution >= 0.6 is 0 Å². The zero-order valence-electron chi connectivity index (χ0n) is 28.0. The SMILES string of the molecule is c1ccc2c(c1)Oc1ccccc1C21c2ccccc2-c2c(-c3nc(-c4ccc5ccccc5c4)nc(-c4ccc5ccccc5c4)n3)cccc21. The fraction of sp³-hybridized carbons (Fsp3) is 0.0208. The molecule has 52 heavy (non-hydrogen) atoms. The predicted octanol–water partition coefficient (Wildman–Crippen LogP) is 11.6. The summed E-state index contributed by atoms with van der Waals surface area (Å²) in [6, 6.07) is 61.9. The highest BCUT2D eigenvalue weighted by Gasteiger charge is 2.51. The number of fused-ring (bicyclic) bond motifs is 11. The summed E-state index contributed by atoms with van der Waals surface area (Å²) in [4.78, 5) is 15.7. The summed E-state index contributed by atoms with van der Waals surface area (Å²) < 4.78 is 6.57. The second kappa shape index (κ2) is 11.0. The van der Waals surface area contributed by atoms with Gasteiger partial charge in [0, 0.05) is 27.8 Å². The molecule has 0 saturated carbocycles. The Hall–Kier alpha value is -6.91. The number of ether oxygens (including phenoxy) is 1. The van der Waals surface area contributed by atoms with Crippen LogP contribution in [0.4, 0.5) is 0 Å². The van der Waals surface area contributed by atoms with Crippen molar-refractivity contribution in [3.63, 3.8) is 0 Å². The minimum Gasteiger partial charge on any atom is -0.457 e. The summed E-state index contributed by atoms with van der Waals surface area (Å²) in [5, 5.41) is 4.63. The number of hydrogen-bond donors (Lipinski definition) is 0. The molecule has 0 bridgehead atoms. The first-order valence-electron chi connectivity index (χ1n) is 17.6. The molecule has 8 aromatic carbocycles. The lowest BCUT2D eigenvalue weighted by Gasteiger charge is -2.39. The van der Waals surface area contributed by atoms with Gasteiger partial charge in [-0.15, -0.1) is 0 Å². The van der Waals surface area contributed by atoms with Crippen molar-refractivity contribution in [3.05, 3.63) is 198 Å². The number of hydrogen-bond acceptors (Lipinski definition) is 4. The van der Waals surface area contributed by atoms with Gasteiger partial charge in [0.25, 0.3) is 0 Å². The van der Waals surface area contributed by atoms with Gasteiger partial charge in [-0.05, 0) is 68.1 Å². The monoisotopic (exact) mass is 663 g/mol. The molecule has 9 aromatic rings. The highest BCUT2D eigenvalue weighted by atomic mass is 16.5. The Bertz CT molecular complexity index is 2770. The van der Waals surface area contributed by atoms with Crippen molar-refractivity contribution in [2.75, 3.05) is 0 Å². The Balaban J connectivity index is 1.20. The third-order valence-electron chi connectivity index (χ3n) is 10.8. The molecular weight excluding hydrogens is 635 g/mol. The van der Waals surface area contributed by atoms with Gasteiger partial charge in [-0.1, -0.05) is 152 Å². The number of aromatic nitrogens is 3. The zero-order chi connectivity index (χ0) is 34.2. The molecule has 4 heteroatoms. The van der Waals surface area contributed by atoms with E-state index in [1.807, 2.05) is 12.1 Å². The molecule has 0 saturated heterocycles. The second-order valence-electron chi connectivity index (χ2n) is 13.5. The molecule has 4 nitrogen and oxygen atoms in total. The fourth-order valence-corrected chi connectivity index (χ4v) is 8.50. The van der Waals surface area contributed by atoms with Crippen molar-refractivity contribution in [1.29, 1.82) is 0 Å². The van der Waals surface area contributed by atoms with Gasteiger partial charge in [0.2, 0.25) is 0 Å². The molecule has 1 aliphatic heterocycles. The third kappa shape index (κ3) is 4.12. The molecule has 1 spiro atoms. The Morgan fingerprint density at radius 1 is 0.346 bits per heavy atom. The van der Waals surface area contributed by atoms with Crippen molar-refractivity contribution in [3.8, 4) is 56.8 Å². The number of rotatable bonds is 3. The van der Waals surface area contributed by atoms with E-state index in [1.54, 1.807) is 0 Å². The largest absolute Gasteiger partial charge is 0.457 e. The van der Waals surface area contributed by atoms with Crippen LogP contribution in [0, 0.1) is 0 Å². The summed E-state index contributed by atoms with van der Waals surface area (Å²) in [5.41, 5.74) is 9.24. The van der Waals surface area contributed by atoms with E-state index in [-0.39, 0.29) is 0 Å². The zero-order valence-corrected chi connectivity index (χ0v) is 28.0. The van der Waals surface area contributed by atoms with Crippen LogP contribution in [0.25, 0.3) is 66.8 Å². The average Bonchev–Trinajstić information content (AvgIpc) is 3.51. The van der Waals surface area contributed by atoms with E-state index in [0.717, 1.165) is 55.7 Å². The van der Waals surface area contributed by atoms with Gasteiger partial charge in [0.1, 0.15) is 11.5 Å². The first-order chi connectivity index (χ1) is 25.8. The highest BCUT2D eigenvalue weighted by Crippen LogP contribution is 2.63. The maximum atomic E-state index is 6.57. The topological polar surface area (TPSA) is 47.9 Å². The fourth-order valence-electron chi connectivity index (χ4n) is 8.50. The summed E-state index contributed by atoms with van der Waals surface area (Å²) in [5.74, 6) is 3.65. The maximum absolute atomic E-state index is 6.57. The van der Waals surface area contributed by atoms with Crippen LogP contribution in [0.15, 0.2) is 176 Å². The minimum atomic E-state index is -0.581. The summed E-state index contributed by atoms with van der Waals surface area (Å²) in [7, 11) is 0. The van der Waals surface area contributed by atoms with Gasteiger partial charge in [-0.3, -0.25) is 0 Å². The molecule has 242 valence electrons. The summed E-state index contributed by atoms with van der Waals surface area (Å²) >= 11 is 0. The molecule has 2 heterocycles. The first kappa shape index (κ1) is 28.9. The van der Waals surface area contributed by atoms with Crippen molar-refractivity contribution < 1.29 is 4.74 Å². The van der Waals surface area contributed by atoms with Gasteiger partial charge in [0.15, 0.2) is 17.5 Å². The van der Waals surface area contributed by atoms with Crippen LogP contribution in [0.3, 0.4) is 0 Å². The molecule has 1 aromatic heterocycles. The van der Waals surface area contributed by atoms with Gasteiger partial charge in [0.05, 0.1) is 5.41 Å². The molecule has 0 unspecified atom stereocenters. The van der Waals surface area contributed by atoms with Crippen LogP contribution in [-0.2, 0) is 5.41 Å². The highest BCUT2D eigenvalue weighted by molar-refractivity contribution is 5.96. The van der Waals surface area contributed by atoms with E-state index in [2.05, 4.69) is 164 Å². The molecular formula is C48H29N3O. The Morgan fingerprint density at radius 3 is 1.42 bits per heavy atom. The van der Waals surface area contributed by atoms with Crippen molar-refractivity contribution in [1.82, 2.24) is 15.0 Å².